The van der Waals surface area contributed by atoms with Crippen molar-refractivity contribution in [3.63, 3.8) is 0 Å². The molecule has 1 aromatic carbocycles. The second-order valence-corrected chi connectivity index (χ2v) is 11.7. The Kier molecular flexibility index (Phi) is 6.82. The molecule has 4 bridgehead atoms. The molecule has 2 amide bonds. The van der Waals surface area contributed by atoms with E-state index in [1.54, 1.807) is 0 Å². The second-order valence-electron chi connectivity index (χ2n) is 11.7. The van der Waals surface area contributed by atoms with Gasteiger partial charge in [0, 0.05) is 6.54 Å². The third kappa shape index (κ3) is 5.42. The zero-order chi connectivity index (χ0) is 23.8. The van der Waals surface area contributed by atoms with Gasteiger partial charge in [0.05, 0.1) is 25.3 Å². The van der Waals surface area contributed by atoms with Gasteiger partial charge in [0.1, 0.15) is 12.4 Å². The molecule has 5 aliphatic carbocycles. The monoisotopic (exact) mass is 482 g/mol. The minimum atomic E-state index is -0.245. The molecule has 1 aromatic rings. The molecule has 0 radical (unpaired) electrons. The first kappa shape index (κ1) is 23.4. The van der Waals surface area contributed by atoms with Crippen molar-refractivity contribution >= 4 is 11.8 Å². The van der Waals surface area contributed by atoms with Crippen molar-refractivity contribution in [2.24, 2.45) is 23.7 Å². The summed E-state index contributed by atoms with van der Waals surface area (Å²) in [6.07, 6.45) is 11.9. The molecule has 1 N–H and O–H groups in total. The van der Waals surface area contributed by atoms with Gasteiger partial charge in [-0.25, -0.2) is 9.78 Å². The van der Waals surface area contributed by atoms with Crippen LogP contribution in [0, 0.1) is 23.7 Å². The fourth-order valence-electron chi connectivity index (χ4n) is 7.65. The zero-order valence-corrected chi connectivity index (χ0v) is 20.5. The molecule has 0 atom stereocenters. The van der Waals surface area contributed by atoms with E-state index < -0.39 is 0 Å². The van der Waals surface area contributed by atoms with Crippen molar-refractivity contribution in [1.29, 1.82) is 0 Å². The molecule has 1 aliphatic heterocycles. The summed E-state index contributed by atoms with van der Waals surface area (Å²) in [5.74, 6) is 4.30. The lowest BCUT2D eigenvalue weighted by atomic mass is 9.55. The lowest BCUT2D eigenvalue weighted by Crippen LogP contribution is -2.52. The summed E-state index contributed by atoms with van der Waals surface area (Å²) in [7, 11) is 0. The number of piperazine rings is 1. The summed E-state index contributed by atoms with van der Waals surface area (Å²) in [4.78, 5) is 36.9. The van der Waals surface area contributed by atoms with Gasteiger partial charge in [0.15, 0.2) is 0 Å². The van der Waals surface area contributed by atoms with Crippen LogP contribution in [0.3, 0.4) is 0 Å². The molecule has 1 saturated heterocycles. The Morgan fingerprint density at radius 2 is 1.43 bits per heavy atom. The molecule has 0 unspecified atom stereocenters. The highest BCUT2D eigenvalue weighted by atomic mass is 17.2. The molecule has 7 nitrogen and oxygen atoms in total. The van der Waals surface area contributed by atoms with Crippen LogP contribution in [0.25, 0.3) is 0 Å². The van der Waals surface area contributed by atoms with E-state index >= 15 is 0 Å². The molecule has 7 rings (SSSR count). The van der Waals surface area contributed by atoms with Crippen LogP contribution in [0.4, 0.5) is 0 Å². The molecular formula is C28H38N2O5. The van der Waals surface area contributed by atoms with E-state index in [1.165, 1.54) is 37.7 Å². The predicted octanol–water partition coefficient (Wildman–Crippen LogP) is 3.82. The molecule has 190 valence electrons. The first-order valence-electron chi connectivity index (χ1n) is 13.7. The topological polar surface area (TPSA) is 77.1 Å². The molecular weight excluding hydrogens is 444 g/mol. The minimum Gasteiger partial charge on any atom is -0.492 e. The average molecular weight is 483 g/mol. The fourth-order valence-corrected chi connectivity index (χ4v) is 7.65. The van der Waals surface area contributed by atoms with Crippen molar-refractivity contribution in [2.75, 3.05) is 26.2 Å². The Morgan fingerprint density at radius 3 is 2.06 bits per heavy atom. The molecule has 6 aliphatic rings. The van der Waals surface area contributed by atoms with E-state index in [0.717, 1.165) is 55.1 Å². The first-order chi connectivity index (χ1) is 17.1. The average Bonchev–Trinajstić information content (AvgIpc) is 2.83. The van der Waals surface area contributed by atoms with Crippen molar-refractivity contribution in [2.45, 2.75) is 75.9 Å². The number of amides is 2. The normalized spacial score (nSPS) is 36.9. The number of carbonyl (C=O) groups excluding carboxylic acids is 2. The van der Waals surface area contributed by atoms with Crippen LogP contribution in [0.15, 0.2) is 24.3 Å². The highest BCUT2D eigenvalue weighted by molar-refractivity contribution is 5.99. The number of carbonyl (C=O) groups is 2. The SMILES string of the molecule is O=C1CN(CCOc2ccc(C3CCC(OOC4C5CC6CC(C5)CC4C6)CC3)cc2)CC(=O)N1. The van der Waals surface area contributed by atoms with E-state index in [1.807, 2.05) is 17.0 Å². The number of nitrogens with zero attached hydrogens (tertiary/aromatic N) is 1. The molecule has 0 aromatic heterocycles. The third-order valence-corrected chi connectivity index (χ3v) is 9.16. The summed E-state index contributed by atoms with van der Waals surface area (Å²) in [6, 6.07) is 8.40. The van der Waals surface area contributed by atoms with Crippen LogP contribution in [0.2, 0.25) is 0 Å². The Labute approximate surface area is 207 Å². The summed E-state index contributed by atoms with van der Waals surface area (Å²) in [5, 5.41) is 2.32. The Morgan fingerprint density at radius 1 is 0.800 bits per heavy atom. The van der Waals surface area contributed by atoms with Crippen molar-refractivity contribution in [3.8, 4) is 5.75 Å². The molecule has 7 heteroatoms. The fraction of sp³-hybridized carbons (Fsp3) is 0.714. The van der Waals surface area contributed by atoms with Gasteiger partial charge in [0.2, 0.25) is 11.8 Å². The van der Waals surface area contributed by atoms with Crippen LogP contribution in [0.5, 0.6) is 5.75 Å². The van der Waals surface area contributed by atoms with Gasteiger partial charge in [0.25, 0.3) is 0 Å². The van der Waals surface area contributed by atoms with E-state index in [-0.39, 0.29) is 31.0 Å². The van der Waals surface area contributed by atoms with Gasteiger partial charge in [-0.1, -0.05) is 12.1 Å². The number of hydrogen-bond acceptors (Lipinski definition) is 6. The molecule has 0 spiro atoms. The number of nitrogens with one attached hydrogen (secondary N) is 1. The maximum atomic E-state index is 11.5. The van der Waals surface area contributed by atoms with E-state index in [2.05, 4.69) is 17.4 Å². The van der Waals surface area contributed by atoms with Crippen molar-refractivity contribution in [3.05, 3.63) is 29.8 Å². The van der Waals surface area contributed by atoms with Crippen LogP contribution in [-0.4, -0.2) is 55.2 Å². The van der Waals surface area contributed by atoms with Crippen LogP contribution < -0.4 is 10.1 Å². The standard InChI is InChI=1S/C28H38N2O5/c31-26-16-30(17-27(32)29-26)9-10-33-24-5-1-20(2-6-24)21-3-7-25(8-4-21)34-35-28-22-12-18-11-19(14-22)15-23(28)13-18/h1-2,5-6,18-19,21-23,25,28H,3-4,7-17H2,(H,29,31,32). The van der Waals surface area contributed by atoms with Crippen LogP contribution in [-0.2, 0) is 19.4 Å². The van der Waals surface area contributed by atoms with Gasteiger partial charge in [-0.2, -0.15) is 0 Å². The van der Waals surface area contributed by atoms with Crippen molar-refractivity contribution in [1.82, 2.24) is 10.2 Å². The zero-order valence-electron chi connectivity index (χ0n) is 20.5. The van der Waals surface area contributed by atoms with Gasteiger partial charge in [-0.15, -0.1) is 0 Å². The number of ether oxygens (including phenoxy) is 1. The van der Waals surface area contributed by atoms with Gasteiger partial charge < -0.3 is 4.74 Å². The number of imide groups is 1. The smallest absolute Gasteiger partial charge is 0.240 e. The quantitative estimate of drug-likeness (QED) is 0.345. The van der Waals surface area contributed by atoms with E-state index in [0.29, 0.717) is 25.2 Å². The number of rotatable bonds is 8. The third-order valence-electron chi connectivity index (χ3n) is 9.16. The lowest BCUT2D eigenvalue weighted by molar-refractivity contribution is -0.383. The summed E-state index contributed by atoms with van der Waals surface area (Å²) in [5.41, 5.74) is 1.36. The Bertz CT molecular complexity index is 866. The Hall–Kier alpha value is -1.96. The van der Waals surface area contributed by atoms with E-state index in [9.17, 15) is 9.59 Å². The summed E-state index contributed by atoms with van der Waals surface area (Å²) in [6.45, 7) is 1.49. The highest BCUT2D eigenvalue weighted by Gasteiger charge is 2.49. The van der Waals surface area contributed by atoms with E-state index in [4.69, 9.17) is 14.5 Å². The number of benzene rings is 1. The van der Waals surface area contributed by atoms with Gasteiger partial charge in [-0.3, -0.25) is 19.8 Å². The predicted molar refractivity (Wildman–Crippen MR) is 130 cm³/mol. The maximum Gasteiger partial charge on any atom is 0.240 e. The van der Waals surface area contributed by atoms with Crippen molar-refractivity contribution < 1.29 is 24.1 Å². The second kappa shape index (κ2) is 10.2. The first-order valence-corrected chi connectivity index (χ1v) is 13.7. The lowest BCUT2D eigenvalue weighted by Gasteiger charge is -2.53. The molecule has 5 saturated carbocycles. The number of hydrogen-bond donors (Lipinski definition) is 1. The summed E-state index contributed by atoms with van der Waals surface area (Å²) >= 11 is 0. The summed E-state index contributed by atoms with van der Waals surface area (Å²) < 4.78 is 5.85. The van der Waals surface area contributed by atoms with Gasteiger partial charge in [-0.05, 0) is 105 Å². The minimum absolute atomic E-state index is 0.231. The molecule has 35 heavy (non-hydrogen) atoms. The van der Waals surface area contributed by atoms with Crippen LogP contribution in [0.1, 0.15) is 69.3 Å². The Balaban J connectivity index is 0.915. The highest BCUT2D eigenvalue weighted by Crippen LogP contribution is 2.54. The van der Waals surface area contributed by atoms with Crippen LogP contribution >= 0.6 is 0 Å². The van der Waals surface area contributed by atoms with Gasteiger partial charge >= 0.3 is 0 Å². The molecule has 1 heterocycles. The molecule has 6 fully saturated rings. The maximum absolute atomic E-state index is 11.5. The largest absolute Gasteiger partial charge is 0.492 e.